The number of aromatic nitrogens is 1. The molecule has 0 radical (unpaired) electrons. The Bertz CT molecular complexity index is 1450. The smallest absolute Gasteiger partial charge is 0.471 e. The van der Waals surface area contributed by atoms with E-state index >= 15 is 0 Å². The van der Waals surface area contributed by atoms with Crippen LogP contribution in [-0.4, -0.2) is 101 Å². The van der Waals surface area contributed by atoms with E-state index in [0.717, 1.165) is 100 Å². The first-order valence-electron chi connectivity index (χ1n) is 17.5. The number of nitrogens with zero attached hydrogens (tertiary/aromatic N) is 3. The predicted molar refractivity (Wildman–Crippen MR) is 184 cm³/mol. The van der Waals surface area contributed by atoms with Crippen LogP contribution in [0.1, 0.15) is 103 Å². The quantitative estimate of drug-likeness (QED) is 0.206. The lowest BCUT2D eigenvalue weighted by Crippen LogP contribution is -2.53. The van der Waals surface area contributed by atoms with Crippen LogP contribution in [0.2, 0.25) is 0 Å². The monoisotopic (exact) mass is 714 g/mol. The van der Waals surface area contributed by atoms with Crippen LogP contribution in [0.25, 0.3) is 10.2 Å². The number of aliphatic hydroxyl groups is 1. The molecule has 1 atom stereocenters. The van der Waals surface area contributed by atoms with Gasteiger partial charge in [-0.25, -0.2) is 4.79 Å². The maximum atomic E-state index is 13.1. The molecule has 49 heavy (non-hydrogen) atoms. The SMILES string of the molecule is COc1ccc(C(O)CN(CCCCCCCCCN2CCC3(CCCN(C(=O)C(F)(F)F)C3)CC2)C(=O)OC(C)(C)C)c2sc(=O)[nH]c12. The molecule has 1 aromatic carbocycles. The number of carbonyl (C=O) groups is 2. The molecule has 3 heterocycles. The van der Waals surface area contributed by atoms with Crippen LogP contribution in [-0.2, 0) is 9.53 Å². The van der Waals surface area contributed by atoms with Gasteiger partial charge in [0.05, 0.1) is 24.5 Å². The van der Waals surface area contributed by atoms with Gasteiger partial charge < -0.3 is 34.3 Å². The van der Waals surface area contributed by atoms with Gasteiger partial charge in [0.1, 0.15) is 16.9 Å². The van der Waals surface area contributed by atoms with E-state index in [1.54, 1.807) is 37.8 Å². The molecule has 4 rings (SSSR count). The summed E-state index contributed by atoms with van der Waals surface area (Å²) in [5.41, 5.74) is 0.214. The van der Waals surface area contributed by atoms with Gasteiger partial charge >= 0.3 is 23.0 Å². The molecule has 0 aliphatic carbocycles. The number of hydrogen-bond donors (Lipinski definition) is 2. The van der Waals surface area contributed by atoms with Gasteiger partial charge in [-0.2, -0.15) is 13.2 Å². The van der Waals surface area contributed by atoms with Crippen LogP contribution in [0.5, 0.6) is 5.75 Å². The van der Waals surface area contributed by atoms with Gasteiger partial charge in [-0.15, -0.1) is 0 Å². The third-order valence-corrected chi connectivity index (χ3v) is 10.6. The number of fused-ring (bicyclic) bond motifs is 1. The van der Waals surface area contributed by atoms with Crippen LogP contribution in [0.15, 0.2) is 16.9 Å². The largest absolute Gasteiger partial charge is 0.495 e. The Morgan fingerprint density at radius 3 is 2.31 bits per heavy atom. The van der Waals surface area contributed by atoms with E-state index in [2.05, 4.69) is 9.88 Å². The number of aromatic amines is 1. The summed E-state index contributed by atoms with van der Waals surface area (Å²) in [6.45, 7) is 9.02. The Kier molecular flexibility index (Phi) is 13.4. The zero-order valence-corrected chi connectivity index (χ0v) is 30.1. The first kappa shape index (κ1) is 39.0. The minimum atomic E-state index is -4.80. The molecule has 0 bridgehead atoms. The van der Waals surface area contributed by atoms with Gasteiger partial charge in [-0.05, 0) is 90.4 Å². The highest BCUT2D eigenvalue weighted by molar-refractivity contribution is 7.16. The molecule has 2 aromatic rings. The molecule has 10 nitrogen and oxygen atoms in total. The van der Waals surface area contributed by atoms with E-state index < -0.39 is 29.9 Å². The molecule has 2 aliphatic heterocycles. The third kappa shape index (κ3) is 11.1. The molecule has 1 aromatic heterocycles. The summed E-state index contributed by atoms with van der Waals surface area (Å²) in [7, 11) is 1.52. The van der Waals surface area contributed by atoms with Crippen LogP contribution in [0, 0.1) is 5.41 Å². The number of amides is 2. The minimum absolute atomic E-state index is 0.0317. The zero-order valence-electron chi connectivity index (χ0n) is 29.3. The van der Waals surface area contributed by atoms with Crippen LogP contribution < -0.4 is 9.61 Å². The van der Waals surface area contributed by atoms with Crippen molar-refractivity contribution in [3.8, 4) is 5.75 Å². The topological polar surface area (TPSA) is 115 Å². The second-order valence-electron chi connectivity index (χ2n) is 14.7. The van der Waals surface area contributed by atoms with Gasteiger partial charge in [0.25, 0.3) is 0 Å². The molecule has 14 heteroatoms. The molecule has 276 valence electrons. The Labute approximate surface area is 290 Å². The fourth-order valence-corrected chi connectivity index (χ4v) is 8.01. The summed E-state index contributed by atoms with van der Waals surface area (Å²) in [5, 5.41) is 11.2. The van der Waals surface area contributed by atoms with Gasteiger partial charge in [0.2, 0.25) is 0 Å². The summed E-state index contributed by atoms with van der Waals surface area (Å²) < 4.78 is 50.5. The number of piperidine rings is 2. The summed E-state index contributed by atoms with van der Waals surface area (Å²) in [6.07, 6.45) is 3.98. The molecular formula is C35H53F3N4O6S. The Morgan fingerprint density at radius 1 is 1.02 bits per heavy atom. The van der Waals surface area contributed by atoms with Crippen molar-refractivity contribution < 1.29 is 37.3 Å². The molecule has 0 saturated carbocycles. The average Bonchev–Trinajstić information content (AvgIpc) is 3.43. The number of rotatable bonds is 14. The van der Waals surface area contributed by atoms with Crippen molar-refractivity contribution in [3.05, 3.63) is 27.4 Å². The van der Waals surface area contributed by atoms with Crippen molar-refractivity contribution in [1.29, 1.82) is 0 Å². The molecule has 2 N–H and O–H groups in total. The lowest BCUT2D eigenvalue weighted by molar-refractivity contribution is -0.189. The van der Waals surface area contributed by atoms with Crippen molar-refractivity contribution in [2.24, 2.45) is 5.41 Å². The van der Waals surface area contributed by atoms with E-state index in [1.807, 2.05) is 0 Å². The lowest BCUT2D eigenvalue weighted by Gasteiger charge is -2.47. The molecule has 2 amide bonds. The normalized spacial score (nSPS) is 17.8. The maximum absolute atomic E-state index is 13.1. The van der Waals surface area contributed by atoms with Crippen molar-refractivity contribution in [2.45, 2.75) is 109 Å². The molecule has 1 unspecified atom stereocenters. The summed E-state index contributed by atoms with van der Waals surface area (Å²) in [6, 6.07) is 3.42. The van der Waals surface area contributed by atoms with E-state index in [9.17, 15) is 32.7 Å². The molecule has 2 saturated heterocycles. The average molecular weight is 715 g/mol. The van der Waals surface area contributed by atoms with Crippen LogP contribution >= 0.6 is 11.3 Å². The fourth-order valence-electron chi connectivity index (χ4n) is 7.09. The first-order chi connectivity index (χ1) is 23.1. The zero-order chi connectivity index (χ0) is 35.8. The Balaban J connectivity index is 1.15. The van der Waals surface area contributed by atoms with Crippen molar-refractivity contribution >= 4 is 33.6 Å². The summed E-state index contributed by atoms with van der Waals surface area (Å²) in [4.78, 5) is 44.4. The van der Waals surface area contributed by atoms with Crippen molar-refractivity contribution in [2.75, 3.05) is 52.9 Å². The number of likely N-dealkylation sites (tertiary alicyclic amines) is 2. The predicted octanol–water partition coefficient (Wildman–Crippen LogP) is 6.87. The highest BCUT2D eigenvalue weighted by Gasteiger charge is 2.47. The fraction of sp³-hybridized carbons (Fsp3) is 0.743. The number of thiazole rings is 1. The highest BCUT2D eigenvalue weighted by atomic mass is 32.1. The maximum Gasteiger partial charge on any atom is 0.471 e. The Hall–Kier alpha value is -2.84. The van der Waals surface area contributed by atoms with Crippen molar-refractivity contribution in [3.63, 3.8) is 0 Å². The molecule has 2 aliphatic rings. The lowest BCUT2D eigenvalue weighted by atomic mass is 9.72. The standard InChI is InChI=1S/C35H53F3N4O6S/c1-33(2,3)48-32(46)41(23-26(43)25-13-14-27(47-4)28-29(25)49-31(45)39-28)19-11-9-7-5-6-8-10-18-40-21-16-34(17-22-40)15-12-20-42(24-34)30(44)35(36,37)38/h13-14,26,43H,5-12,15-24H2,1-4H3,(H,39,45). The third-order valence-electron chi connectivity index (χ3n) is 9.71. The number of carbonyl (C=O) groups excluding carboxylic acids is 2. The van der Waals surface area contributed by atoms with E-state index in [0.29, 0.717) is 34.5 Å². The number of ether oxygens (including phenoxy) is 2. The first-order valence-corrected chi connectivity index (χ1v) is 18.4. The van der Waals surface area contributed by atoms with Gasteiger partial charge in [-0.1, -0.05) is 49.5 Å². The summed E-state index contributed by atoms with van der Waals surface area (Å²) in [5.74, 6) is -1.19. The second-order valence-corrected chi connectivity index (χ2v) is 15.6. The van der Waals surface area contributed by atoms with E-state index in [-0.39, 0.29) is 29.9 Å². The van der Waals surface area contributed by atoms with E-state index in [1.165, 1.54) is 7.11 Å². The van der Waals surface area contributed by atoms with Gasteiger partial charge in [-0.3, -0.25) is 9.59 Å². The number of alkyl halides is 3. The second kappa shape index (κ2) is 16.9. The summed E-state index contributed by atoms with van der Waals surface area (Å²) >= 11 is 0.997. The number of nitrogens with one attached hydrogen (secondary N) is 1. The molecular weight excluding hydrogens is 661 g/mol. The number of H-pyrrole nitrogens is 1. The number of benzene rings is 1. The van der Waals surface area contributed by atoms with Gasteiger partial charge in [0, 0.05) is 25.2 Å². The molecule has 1 spiro atoms. The number of halogens is 3. The number of methoxy groups -OCH3 is 1. The number of unbranched alkanes of at least 4 members (excludes halogenated alkanes) is 6. The van der Waals surface area contributed by atoms with Crippen LogP contribution in [0.3, 0.4) is 0 Å². The van der Waals surface area contributed by atoms with Gasteiger partial charge in [0.15, 0.2) is 0 Å². The van der Waals surface area contributed by atoms with E-state index in [4.69, 9.17) is 9.47 Å². The Morgan fingerprint density at radius 2 is 1.67 bits per heavy atom. The molecule has 2 fully saturated rings. The van der Waals surface area contributed by atoms with Crippen LogP contribution in [0.4, 0.5) is 18.0 Å². The van der Waals surface area contributed by atoms with Crippen molar-refractivity contribution in [1.82, 2.24) is 19.7 Å². The minimum Gasteiger partial charge on any atom is -0.495 e. The number of aliphatic hydroxyl groups excluding tert-OH is 1. The number of hydrogen-bond acceptors (Lipinski definition) is 8. The highest BCUT2D eigenvalue weighted by Crippen LogP contribution is 2.41.